The first-order chi connectivity index (χ1) is 14.7. The van der Waals surface area contributed by atoms with E-state index in [4.69, 9.17) is 0 Å². The molecule has 1 atom stereocenters. The molecule has 2 aromatic rings. The summed E-state index contributed by atoms with van der Waals surface area (Å²) in [7, 11) is 0. The fourth-order valence-corrected chi connectivity index (χ4v) is 4.47. The number of carbonyl (C=O) groups excluding carboxylic acids is 1. The van der Waals surface area contributed by atoms with Gasteiger partial charge in [0.05, 0.1) is 11.6 Å². The second-order valence-corrected chi connectivity index (χ2v) is 8.58. The van der Waals surface area contributed by atoms with Crippen LogP contribution in [0.3, 0.4) is 0 Å². The van der Waals surface area contributed by atoms with Gasteiger partial charge in [0.2, 0.25) is 5.91 Å². The van der Waals surface area contributed by atoms with Crippen molar-refractivity contribution < 1.29 is 4.79 Å². The van der Waals surface area contributed by atoms with Crippen LogP contribution in [0.5, 0.6) is 0 Å². The fraction of sp³-hybridized carbons (Fsp3) is 0.480. The number of nitrogens with one attached hydrogen (secondary N) is 1. The monoisotopic (exact) mass is 404 g/mol. The van der Waals surface area contributed by atoms with Gasteiger partial charge in [-0.15, -0.1) is 10.2 Å². The summed E-state index contributed by atoms with van der Waals surface area (Å²) in [5.74, 6) is 1.06. The number of benzene rings is 1. The van der Waals surface area contributed by atoms with E-state index in [0.29, 0.717) is 6.54 Å². The molecule has 1 N–H and O–H groups in total. The minimum atomic E-state index is 0.0253. The average molecular weight is 405 g/mol. The maximum absolute atomic E-state index is 12.7. The second kappa shape index (κ2) is 9.88. The van der Waals surface area contributed by atoms with E-state index in [0.717, 1.165) is 49.4 Å². The molecule has 2 aliphatic rings. The number of amides is 1. The predicted octanol–water partition coefficient (Wildman–Crippen LogP) is 4.68. The minimum Gasteiger partial charge on any atom is -0.355 e. The SMILES string of the molecule is Cc1cccc(-c2ccc(N3CCC[C@H](C(=O)NCCC4=CCCCC4)C3)nn2)c1. The number of aryl methyl sites for hydroxylation is 1. The molecule has 158 valence electrons. The van der Waals surface area contributed by atoms with Crippen molar-refractivity contribution in [2.24, 2.45) is 5.92 Å². The van der Waals surface area contributed by atoms with Gasteiger partial charge >= 0.3 is 0 Å². The Morgan fingerprint density at radius 3 is 2.87 bits per heavy atom. The zero-order valence-corrected chi connectivity index (χ0v) is 17.9. The molecule has 0 unspecified atom stereocenters. The van der Waals surface area contributed by atoms with Gasteiger partial charge in [-0.2, -0.15) is 0 Å². The molecule has 5 nitrogen and oxygen atoms in total. The van der Waals surface area contributed by atoms with Gasteiger partial charge in [0.15, 0.2) is 5.82 Å². The molecule has 1 fully saturated rings. The summed E-state index contributed by atoms with van der Waals surface area (Å²) >= 11 is 0. The average Bonchev–Trinajstić information content (AvgIpc) is 2.80. The molecule has 0 radical (unpaired) electrons. The van der Waals surface area contributed by atoms with Crippen LogP contribution in [0.2, 0.25) is 0 Å². The van der Waals surface area contributed by atoms with E-state index in [-0.39, 0.29) is 11.8 Å². The molecule has 1 saturated heterocycles. The zero-order chi connectivity index (χ0) is 20.8. The van der Waals surface area contributed by atoms with E-state index in [2.05, 4.69) is 51.6 Å². The maximum atomic E-state index is 12.7. The fourth-order valence-electron chi connectivity index (χ4n) is 4.47. The highest BCUT2D eigenvalue weighted by Crippen LogP contribution is 2.24. The van der Waals surface area contributed by atoms with Crippen molar-refractivity contribution in [2.45, 2.75) is 51.9 Å². The first-order valence-corrected chi connectivity index (χ1v) is 11.3. The van der Waals surface area contributed by atoms with Gasteiger partial charge < -0.3 is 10.2 Å². The minimum absolute atomic E-state index is 0.0253. The van der Waals surface area contributed by atoms with Gasteiger partial charge in [-0.05, 0) is 70.1 Å². The lowest BCUT2D eigenvalue weighted by molar-refractivity contribution is -0.125. The van der Waals surface area contributed by atoms with Crippen molar-refractivity contribution in [1.29, 1.82) is 0 Å². The third-order valence-electron chi connectivity index (χ3n) is 6.21. The number of aromatic nitrogens is 2. The van der Waals surface area contributed by atoms with Gasteiger partial charge in [0.25, 0.3) is 0 Å². The van der Waals surface area contributed by atoms with Crippen molar-refractivity contribution in [2.75, 3.05) is 24.5 Å². The molecule has 5 heteroatoms. The van der Waals surface area contributed by atoms with Crippen molar-refractivity contribution in [3.63, 3.8) is 0 Å². The van der Waals surface area contributed by atoms with E-state index >= 15 is 0 Å². The Bertz CT molecular complexity index is 890. The maximum Gasteiger partial charge on any atom is 0.224 e. The molecule has 1 aromatic carbocycles. The Labute approximate surface area is 179 Å². The molecular formula is C25H32N4O. The number of carbonyl (C=O) groups is 1. The van der Waals surface area contributed by atoms with E-state index < -0.39 is 0 Å². The first kappa shape index (κ1) is 20.6. The highest BCUT2D eigenvalue weighted by atomic mass is 16.1. The number of nitrogens with zero attached hydrogens (tertiary/aromatic N) is 3. The van der Waals surface area contributed by atoms with Gasteiger partial charge in [0, 0.05) is 25.2 Å². The molecule has 1 aromatic heterocycles. The van der Waals surface area contributed by atoms with E-state index in [1.807, 2.05) is 18.2 Å². The number of piperidine rings is 1. The predicted molar refractivity (Wildman–Crippen MR) is 121 cm³/mol. The Kier molecular flexibility index (Phi) is 6.77. The molecule has 1 amide bonds. The van der Waals surface area contributed by atoms with Crippen LogP contribution >= 0.6 is 0 Å². The van der Waals surface area contributed by atoms with Crippen molar-refractivity contribution in [3.05, 3.63) is 53.6 Å². The number of hydrogen-bond donors (Lipinski definition) is 1. The summed E-state index contributed by atoms with van der Waals surface area (Å²) in [5.41, 5.74) is 4.68. The molecule has 2 heterocycles. The van der Waals surface area contributed by atoms with Gasteiger partial charge in [-0.1, -0.05) is 35.4 Å². The van der Waals surface area contributed by atoms with Gasteiger partial charge in [-0.25, -0.2) is 0 Å². The van der Waals surface area contributed by atoms with Crippen LogP contribution in [0.15, 0.2) is 48.0 Å². The Hall–Kier alpha value is -2.69. The quantitative estimate of drug-likeness (QED) is 0.711. The molecule has 0 saturated carbocycles. The molecule has 30 heavy (non-hydrogen) atoms. The van der Waals surface area contributed by atoms with Crippen LogP contribution in [-0.2, 0) is 4.79 Å². The summed E-state index contributed by atoms with van der Waals surface area (Å²) in [6.45, 7) is 4.48. The van der Waals surface area contributed by atoms with E-state index in [1.54, 1.807) is 0 Å². The largest absolute Gasteiger partial charge is 0.355 e. The van der Waals surface area contributed by atoms with Gasteiger partial charge in [-0.3, -0.25) is 4.79 Å². The van der Waals surface area contributed by atoms with Crippen molar-refractivity contribution >= 4 is 11.7 Å². The van der Waals surface area contributed by atoms with Crippen LogP contribution in [0, 0.1) is 12.8 Å². The van der Waals surface area contributed by atoms with Gasteiger partial charge in [0.1, 0.15) is 0 Å². The molecule has 4 rings (SSSR count). The summed E-state index contributed by atoms with van der Waals surface area (Å²) in [6, 6.07) is 12.4. The van der Waals surface area contributed by atoms with Crippen molar-refractivity contribution in [3.8, 4) is 11.3 Å². The second-order valence-electron chi connectivity index (χ2n) is 8.58. The molecule has 0 bridgehead atoms. The zero-order valence-electron chi connectivity index (χ0n) is 17.9. The molecule has 1 aliphatic carbocycles. The number of anilines is 1. The van der Waals surface area contributed by atoms with Crippen LogP contribution < -0.4 is 10.2 Å². The summed E-state index contributed by atoms with van der Waals surface area (Å²) in [5, 5.41) is 12.1. The smallest absolute Gasteiger partial charge is 0.224 e. The number of hydrogen-bond acceptors (Lipinski definition) is 4. The normalized spacial score (nSPS) is 19.3. The summed E-state index contributed by atoms with van der Waals surface area (Å²) < 4.78 is 0. The van der Waals surface area contributed by atoms with Crippen LogP contribution in [0.1, 0.15) is 50.5 Å². The van der Waals surface area contributed by atoms with E-state index in [1.165, 1.54) is 36.8 Å². The first-order valence-electron chi connectivity index (χ1n) is 11.3. The van der Waals surface area contributed by atoms with Crippen LogP contribution in [0.25, 0.3) is 11.3 Å². The van der Waals surface area contributed by atoms with E-state index in [9.17, 15) is 4.79 Å². The Morgan fingerprint density at radius 1 is 1.17 bits per heavy atom. The molecular weight excluding hydrogens is 372 g/mol. The van der Waals surface area contributed by atoms with Crippen LogP contribution in [-0.4, -0.2) is 35.7 Å². The Morgan fingerprint density at radius 2 is 2.10 bits per heavy atom. The molecule has 1 aliphatic heterocycles. The number of rotatable bonds is 6. The lowest BCUT2D eigenvalue weighted by atomic mass is 9.96. The lowest BCUT2D eigenvalue weighted by Crippen LogP contribution is -2.43. The third-order valence-corrected chi connectivity index (χ3v) is 6.21. The third kappa shape index (κ3) is 5.26. The lowest BCUT2D eigenvalue weighted by Gasteiger charge is -2.32. The standard InChI is InChI=1S/C25H32N4O/c1-19-7-5-10-21(17-19)23-12-13-24(28-27-23)29-16-6-11-22(18-29)25(30)26-15-14-20-8-3-2-4-9-20/h5,7-8,10,12-13,17,22H,2-4,6,9,11,14-16,18H2,1H3,(H,26,30)/t22-/m0/s1. The highest BCUT2D eigenvalue weighted by molar-refractivity contribution is 5.79. The Balaban J connectivity index is 1.32. The topological polar surface area (TPSA) is 58.1 Å². The molecule has 0 spiro atoms. The van der Waals surface area contributed by atoms with Crippen molar-refractivity contribution in [1.82, 2.24) is 15.5 Å². The summed E-state index contributed by atoms with van der Waals surface area (Å²) in [4.78, 5) is 14.9. The summed E-state index contributed by atoms with van der Waals surface area (Å²) in [6.07, 6.45) is 10.3. The van der Waals surface area contributed by atoms with Crippen LogP contribution in [0.4, 0.5) is 5.82 Å². The number of allylic oxidation sites excluding steroid dienone is 1. The highest BCUT2D eigenvalue weighted by Gasteiger charge is 2.26.